The number of rotatable bonds is 2. The van der Waals surface area contributed by atoms with Crippen molar-refractivity contribution in [3.05, 3.63) is 23.5 Å². The monoisotopic (exact) mass is 185 g/mol. The largest absolute Gasteiger partial charge is 0.504 e. The summed E-state index contributed by atoms with van der Waals surface area (Å²) in [6, 6.07) is 2.67. The van der Waals surface area contributed by atoms with E-state index in [1.807, 2.05) is 0 Å². The Balaban J connectivity index is 3.18. The molecule has 0 amide bonds. The highest BCUT2D eigenvalue weighted by Gasteiger charge is 2.15. The smallest absolute Gasteiger partial charge is 0.194 e. The second kappa shape index (κ2) is 3.62. The highest BCUT2D eigenvalue weighted by molar-refractivity contribution is 5.43. The lowest BCUT2D eigenvalue weighted by molar-refractivity contribution is 0.375. The highest BCUT2D eigenvalue weighted by Crippen LogP contribution is 2.32. The topological polar surface area (TPSA) is 66.5 Å². The fraction of sp³-hybridized carbons (Fsp3) is 0.333. The summed E-state index contributed by atoms with van der Waals surface area (Å²) in [5, 5.41) is 18.0. The lowest BCUT2D eigenvalue weighted by atomic mass is 10.0. The van der Waals surface area contributed by atoms with Gasteiger partial charge in [0.2, 0.25) is 0 Å². The summed E-state index contributed by atoms with van der Waals surface area (Å²) in [6.45, 7) is 2.04. The molecule has 0 heterocycles. The number of phenolic OH excluding ortho intramolecular Hbond substituents is 2. The Kier molecular flexibility index (Phi) is 2.72. The quantitative estimate of drug-likeness (QED) is 0.608. The summed E-state index contributed by atoms with van der Waals surface area (Å²) in [7, 11) is 0. The van der Waals surface area contributed by atoms with E-state index in [0.717, 1.165) is 0 Å². The van der Waals surface area contributed by atoms with Gasteiger partial charge in [0.25, 0.3) is 0 Å². The minimum atomic E-state index is -0.794. The van der Waals surface area contributed by atoms with Crippen molar-refractivity contribution >= 4 is 0 Å². The molecule has 4 heteroatoms. The van der Waals surface area contributed by atoms with Gasteiger partial charge < -0.3 is 15.9 Å². The van der Waals surface area contributed by atoms with Crippen LogP contribution in [0, 0.1) is 5.82 Å². The Morgan fingerprint density at radius 1 is 1.46 bits per heavy atom. The van der Waals surface area contributed by atoms with Crippen molar-refractivity contribution in [1.82, 2.24) is 0 Å². The molecule has 0 aliphatic carbocycles. The Morgan fingerprint density at radius 2 is 2.08 bits per heavy atom. The number of halogens is 1. The molecule has 0 aliphatic heterocycles. The molecular formula is C9H12FNO2. The standard InChI is InChI=1S/C9H12FNO2/c1-5(4-11)6-2-3-7(12)9(13)8(6)10/h2-3,5,12-13H,4,11H2,1H3. The summed E-state index contributed by atoms with van der Waals surface area (Å²) in [5.74, 6) is -2.13. The van der Waals surface area contributed by atoms with E-state index in [1.165, 1.54) is 12.1 Å². The van der Waals surface area contributed by atoms with Gasteiger partial charge in [0.1, 0.15) is 0 Å². The van der Waals surface area contributed by atoms with Crippen LogP contribution in [0.1, 0.15) is 18.4 Å². The number of aromatic hydroxyl groups is 2. The van der Waals surface area contributed by atoms with E-state index in [9.17, 15) is 4.39 Å². The summed E-state index contributed by atoms with van der Waals surface area (Å²) in [5.41, 5.74) is 5.67. The number of benzene rings is 1. The van der Waals surface area contributed by atoms with Crippen molar-refractivity contribution in [2.45, 2.75) is 12.8 Å². The number of phenols is 2. The average Bonchev–Trinajstić information content (AvgIpc) is 2.13. The van der Waals surface area contributed by atoms with E-state index in [0.29, 0.717) is 12.1 Å². The zero-order valence-corrected chi connectivity index (χ0v) is 7.29. The first-order chi connectivity index (χ1) is 6.07. The van der Waals surface area contributed by atoms with E-state index in [4.69, 9.17) is 15.9 Å². The zero-order valence-electron chi connectivity index (χ0n) is 7.29. The van der Waals surface area contributed by atoms with Crippen LogP contribution in [0.5, 0.6) is 11.5 Å². The lowest BCUT2D eigenvalue weighted by Crippen LogP contribution is -2.10. The Hall–Kier alpha value is -1.29. The lowest BCUT2D eigenvalue weighted by Gasteiger charge is -2.11. The molecule has 0 aromatic heterocycles. The fourth-order valence-corrected chi connectivity index (χ4v) is 1.08. The van der Waals surface area contributed by atoms with Crippen LogP contribution < -0.4 is 5.73 Å². The Labute approximate surface area is 75.6 Å². The maximum atomic E-state index is 13.2. The third kappa shape index (κ3) is 1.72. The van der Waals surface area contributed by atoms with Gasteiger partial charge in [-0.3, -0.25) is 0 Å². The van der Waals surface area contributed by atoms with Crippen molar-refractivity contribution in [2.75, 3.05) is 6.54 Å². The number of nitrogens with two attached hydrogens (primary N) is 1. The van der Waals surface area contributed by atoms with Crippen molar-refractivity contribution in [1.29, 1.82) is 0 Å². The molecule has 0 saturated carbocycles. The van der Waals surface area contributed by atoms with E-state index in [-0.39, 0.29) is 5.92 Å². The average molecular weight is 185 g/mol. The van der Waals surface area contributed by atoms with Crippen molar-refractivity contribution < 1.29 is 14.6 Å². The summed E-state index contributed by atoms with van der Waals surface area (Å²) >= 11 is 0. The first-order valence-electron chi connectivity index (χ1n) is 3.98. The molecule has 0 bridgehead atoms. The predicted molar refractivity (Wildman–Crippen MR) is 47.2 cm³/mol. The second-order valence-corrected chi connectivity index (χ2v) is 2.97. The van der Waals surface area contributed by atoms with Crippen LogP contribution in [0.2, 0.25) is 0 Å². The maximum Gasteiger partial charge on any atom is 0.194 e. The number of hydrogen-bond acceptors (Lipinski definition) is 3. The fourth-order valence-electron chi connectivity index (χ4n) is 1.08. The third-order valence-corrected chi connectivity index (χ3v) is 2.01. The molecule has 72 valence electrons. The normalized spacial score (nSPS) is 12.8. The van der Waals surface area contributed by atoms with Crippen molar-refractivity contribution in [2.24, 2.45) is 5.73 Å². The molecule has 13 heavy (non-hydrogen) atoms. The molecule has 0 radical (unpaired) electrons. The molecule has 4 N–H and O–H groups in total. The number of hydrogen-bond donors (Lipinski definition) is 3. The molecule has 0 saturated heterocycles. The first-order valence-corrected chi connectivity index (χ1v) is 3.98. The second-order valence-electron chi connectivity index (χ2n) is 2.97. The minimum Gasteiger partial charge on any atom is -0.504 e. The van der Waals surface area contributed by atoms with Crippen molar-refractivity contribution in [3.8, 4) is 11.5 Å². The van der Waals surface area contributed by atoms with E-state index >= 15 is 0 Å². The van der Waals surface area contributed by atoms with Gasteiger partial charge >= 0.3 is 0 Å². The van der Waals surface area contributed by atoms with Crippen LogP contribution in [0.4, 0.5) is 4.39 Å². The highest BCUT2D eigenvalue weighted by atomic mass is 19.1. The van der Waals surface area contributed by atoms with Gasteiger partial charge in [0.15, 0.2) is 17.3 Å². The zero-order chi connectivity index (χ0) is 10.0. The third-order valence-electron chi connectivity index (χ3n) is 2.01. The van der Waals surface area contributed by atoms with Crippen LogP contribution in [-0.2, 0) is 0 Å². The molecule has 3 nitrogen and oxygen atoms in total. The Morgan fingerprint density at radius 3 is 2.62 bits per heavy atom. The molecule has 1 aromatic rings. The SMILES string of the molecule is CC(CN)c1ccc(O)c(O)c1F. The maximum absolute atomic E-state index is 13.2. The van der Waals surface area contributed by atoms with E-state index in [2.05, 4.69) is 0 Å². The van der Waals surface area contributed by atoms with Gasteiger partial charge in [-0.2, -0.15) is 0 Å². The van der Waals surface area contributed by atoms with E-state index in [1.54, 1.807) is 6.92 Å². The van der Waals surface area contributed by atoms with Gasteiger partial charge in [0, 0.05) is 0 Å². The first kappa shape index (κ1) is 9.80. The van der Waals surface area contributed by atoms with Crippen LogP contribution in [0.25, 0.3) is 0 Å². The van der Waals surface area contributed by atoms with Gasteiger partial charge in [-0.1, -0.05) is 13.0 Å². The molecule has 0 aliphatic rings. The van der Waals surface area contributed by atoms with Gasteiger partial charge in [0.05, 0.1) is 0 Å². The molecule has 1 unspecified atom stereocenters. The summed E-state index contributed by atoms with van der Waals surface area (Å²) < 4.78 is 13.2. The molecule has 1 aromatic carbocycles. The van der Waals surface area contributed by atoms with Crippen LogP contribution in [-0.4, -0.2) is 16.8 Å². The summed E-state index contributed by atoms with van der Waals surface area (Å²) in [4.78, 5) is 0. The van der Waals surface area contributed by atoms with Crippen LogP contribution >= 0.6 is 0 Å². The van der Waals surface area contributed by atoms with Gasteiger partial charge in [-0.25, -0.2) is 4.39 Å². The molecule has 0 spiro atoms. The minimum absolute atomic E-state index is 0.175. The molecule has 1 rings (SSSR count). The predicted octanol–water partition coefficient (Wildman–Crippen LogP) is 1.30. The van der Waals surface area contributed by atoms with Crippen LogP contribution in [0.3, 0.4) is 0 Å². The molecule has 1 atom stereocenters. The van der Waals surface area contributed by atoms with E-state index < -0.39 is 17.3 Å². The Bertz CT molecular complexity index is 315. The van der Waals surface area contributed by atoms with Crippen molar-refractivity contribution in [3.63, 3.8) is 0 Å². The molecule has 0 fully saturated rings. The molecular weight excluding hydrogens is 173 g/mol. The summed E-state index contributed by atoms with van der Waals surface area (Å²) in [6.07, 6.45) is 0. The van der Waals surface area contributed by atoms with Gasteiger partial charge in [-0.05, 0) is 24.1 Å². The van der Waals surface area contributed by atoms with Gasteiger partial charge in [-0.15, -0.1) is 0 Å². The van der Waals surface area contributed by atoms with Crippen LogP contribution in [0.15, 0.2) is 12.1 Å².